The molecule has 0 amide bonds. The number of hydrogen-bond donors (Lipinski definition) is 1. The Morgan fingerprint density at radius 3 is 2.50 bits per heavy atom. The maximum Gasteiger partial charge on any atom is 0.162 e. The summed E-state index contributed by atoms with van der Waals surface area (Å²) in [5.74, 6) is -2.45. The van der Waals surface area contributed by atoms with Crippen molar-refractivity contribution in [2.24, 2.45) is 5.73 Å². The van der Waals surface area contributed by atoms with Crippen LogP contribution >= 0.6 is 0 Å². The van der Waals surface area contributed by atoms with Crippen molar-refractivity contribution in [1.82, 2.24) is 4.98 Å². The van der Waals surface area contributed by atoms with E-state index >= 15 is 0 Å². The van der Waals surface area contributed by atoms with Crippen LogP contribution in [0.5, 0.6) is 0 Å². The average Bonchev–Trinajstić information content (AvgIpc) is 2.35. The minimum absolute atomic E-state index is 0.0163. The first-order valence-corrected chi connectivity index (χ1v) is 5.38. The van der Waals surface area contributed by atoms with Gasteiger partial charge in [0.2, 0.25) is 0 Å². The molecule has 2 N–H and O–H groups in total. The number of rotatable bonds is 3. The van der Waals surface area contributed by atoms with Crippen LogP contribution in [0.4, 0.5) is 13.2 Å². The zero-order valence-electron chi connectivity index (χ0n) is 9.41. The molecule has 2 nitrogen and oxygen atoms in total. The van der Waals surface area contributed by atoms with E-state index in [1.807, 2.05) is 0 Å². The van der Waals surface area contributed by atoms with Gasteiger partial charge in [-0.2, -0.15) is 0 Å². The molecule has 0 aliphatic carbocycles. The van der Waals surface area contributed by atoms with E-state index in [1.165, 1.54) is 30.5 Å². The summed E-state index contributed by atoms with van der Waals surface area (Å²) in [7, 11) is 0. The standard InChI is InChI=1S/C13H11F3N2/c14-9-4-1-3-8(12(9)16)7-11(17)13-10(15)5-2-6-18-13/h1-6,11H,7,17H2. The fraction of sp³-hybridized carbons (Fsp3) is 0.154. The Bertz CT molecular complexity index is 558. The molecule has 2 rings (SSSR count). The number of pyridine rings is 1. The summed E-state index contributed by atoms with van der Waals surface area (Å²) in [6.07, 6.45) is 1.39. The molecule has 1 aromatic carbocycles. The molecule has 0 saturated heterocycles. The van der Waals surface area contributed by atoms with Crippen molar-refractivity contribution in [2.75, 3.05) is 0 Å². The molecule has 0 aliphatic heterocycles. The maximum absolute atomic E-state index is 13.4. The van der Waals surface area contributed by atoms with Crippen LogP contribution in [0.3, 0.4) is 0 Å². The van der Waals surface area contributed by atoms with Crippen LogP contribution in [0.15, 0.2) is 36.5 Å². The van der Waals surface area contributed by atoms with Gasteiger partial charge in [0.15, 0.2) is 11.6 Å². The van der Waals surface area contributed by atoms with Gasteiger partial charge in [-0.1, -0.05) is 12.1 Å². The third-order valence-corrected chi connectivity index (χ3v) is 2.61. The molecule has 5 heteroatoms. The number of nitrogens with two attached hydrogens (primary N) is 1. The van der Waals surface area contributed by atoms with Crippen LogP contribution in [0.2, 0.25) is 0 Å². The van der Waals surface area contributed by atoms with Gasteiger partial charge in [-0.15, -0.1) is 0 Å². The van der Waals surface area contributed by atoms with Crippen molar-refractivity contribution in [2.45, 2.75) is 12.5 Å². The van der Waals surface area contributed by atoms with Crippen molar-refractivity contribution in [3.05, 3.63) is 65.2 Å². The van der Waals surface area contributed by atoms with Gasteiger partial charge in [0.25, 0.3) is 0 Å². The summed E-state index contributed by atoms with van der Waals surface area (Å²) in [4.78, 5) is 3.81. The second-order valence-electron chi connectivity index (χ2n) is 3.89. The quantitative estimate of drug-likeness (QED) is 0.912. The van der Waals surface area contributed by atoms with Crippen LogP contribution < -0.4 is 5.73 Å². The van der Waals surface area contributed by atoms with E-state index in [1.54, 1.807) is 0 Å². The Balaban J connectivity index is 2.24. The highest BCUT2D eigenvalue weighted by atomic mass is 19.2. The predicted octanol–water partition coefficient (Wildman–Crippen LogP) is 2.74. The summed E-state index contributed by atoms with van der Waals surface area (Å²) >= 11 is 0. The van der Waals surface area contributed by atoms with E-state index in [2.05, 4.69) is 4.98 Å². The van der Waals surface area contributed by atoms with E-state index in [0.29, 0.717) is 0 Å². The predicted molar refractivity (Wildman–Crippen MR) is 61.2 cm³/mol. The largest absolute Gasteiger partial charge is 0.322 e. The molecule has 0 radical (unpaired) electrons. The summed E-state index contributed by atoms with van der Waals surface area (Å²) in [6.45, 7) is 0. The van der Waals surface area contributed by atoms with Gasteiger partial charge in [0, 0.05) is 6.20 Å². The Morgan fingerprint density at radius 2 is 1.78 bits per heavy atom. The zero-order chi connectivity index (χ0) is 13.1. The fourth-order valence-electron chi connectivity index (χ4n) is 1.71. The first kappa shape index (κ1) is 12.6. The third kappa shape index (κ3) is 2.51. The minimum Gasteiger partial charge on any atom is -0.322 e. The van der Waals surface area contributed by atoms with Crippen molar-refractivity contribution in [3.8, 4) is 0 Å². The highest BCUT2D eigenvalue weighted by Gasteiger charge is 2.16. The number of benzene rings is 1. The van der Waals surface area contributed by atoms with Crippen molar-refractivity contribution in [1.29, 1.82) is 0 Å². The van der Waals surface area contributed by atoms with E-state index in [0.717, 1.165) is 6.07 Å². The molecule has 0 aliphatic rings. The molecular formula is C13H11F3N2. The lowest BCUT2D eigenvalue weighted by Gasteiger charge is -2.12. The summed E-state index contributed by atoms with van der Waals surface area (Å²) in [5, 5.41) is 0. The van der Waals surface area contributed by atoms with Gasteiger partial charge in [-0.3, -0.25) is 4.98 Å². The third-order valence-electron chi connectivity index (χ3n) is 2.61. The van der Waals surface area contributed by atoms with Gasteiger partial charge < -0.3 is 5.73 Å². The second kappa shape index (κ2) is 5.18. The van der Waals surface area contributed by atoms with E-state index in [4.69, 9.17) is 5.73 Å². The topological polar surface area (TPSA) is 38.9 Å². The van der Waals surface area contributed by atoms with Crippen LogP contribution in [0.25, 0.3) is 0 Å². The second-order valence-corrected chi connectivity index (χ2v) is 3.89. The van der Waals surface area contributed by atoms with E-state index in [9.17, 15) is 13.2 Å². The molecule has 1 unspecified atom stereocenters. The van der Waals surface area contributed by atoms with Crippen LogP contribution in [-0.4, -0.2) is 4.98 Å². The Hall–Kier alpha value is -1.88. The maximum atomic E-state index is 13.4. The van der Waals surface area contributed by atoms with E-state index < -0.39 is 23.5 Å². The molecule has 0 bridgehead atoms. The van der Waals surface area contributed by atoms with Gasteiger partial charge in [0.1, 0.15) is 5.82 Å². The molecular weight excluding hydrogens is 241 g/mol. The molecule has 0 spiro atoms. The lowest BCUT2D eigenvalue weighted by molar-refractivity contribution is 0.490. The fourth-order valence-corrected chi connectivity index (χ4v) is 1.71. The van der Waals surface area contributed by atoms with Crippen molar-refractivity contribution >= 4 is 0 Å². The lowest BCUT2D eigenvalue weighted by Crippen LogP contribution is -2.17. The molecule has 1 heterocycles. The minimum atomic E-state index is -0.954. The smallest absolute Gasteiger partial charge is 0.162 e. The molecule has 1 atom stereocenters. The molecule has 94 valence electrons. The normalized spacial score (nSPS) is 12.4. The number of nitrogens with zero attached hydrogens (tertiary/aromatic N) is 1. The van der Waals surface area contributed by atoms with Crippen LogP contribution in [-0.2, 0) is 6.42 Å². The molecule has 2 aromatic rings. The van der Waals surface area contributed by atoms with Gasteiger partial charge in [-0.25, -0.2) is 13.2 Å². The van der Waals surface area contributed by atoms with Crippen molar-refractivity contribution in [3.63, 3.8) is 0 Å². The Kier molecular flexibility index (Phi) is 3.62. The SMILES string of the molecule is NC(Cc1cccc(F)c1F)c1ncccc1F. The summed E-state index contributed by atoms with van der Waals surface area (Å²) in [6, 6.07) is 5.67. The Morgan fingerprint density at radius 1 is 1.06 bits per heavy atom. The average molecular weight is 252 g/mol. The summed E-state index contributed by atoms with van der Waals surface area (Å²) in [5.41, 5.74) is 5.90. The zero-order valence-corrected chi connectivity index (χ0v) is 9.41. The van der Waals surface area contributed by atoms with Crippen LogP contribution in [0.1, 0.15) is 17.3 Å². The lowest BCUT2D eigenvalue weighted by atomic mass is 10.0. The van der Waals surface area contributed by atoms with Gasteiger partial charge in [-0.05, 0) is 30.2 Å². The summed E-state index contributed by atoms with van der Waals surface area (Å²) < 4.78 is 39.9. The van der Waals surface area contributed by atoms with Gasteiger partial charge in [0.05, 0.1) is 11.7 Å². The van der Waals surface area contributed by atoms with Crippen molar-refractivity contribution < 1.29 is 13.2 Å². The number of halogens is 3. The van der Waals surface area contributed by atoms with Crippen LogP contribution in [0, 0.1) is 17.5 Å². The number of aromatic nitrogens is 1. The highest BCUT2D eigenvalue weighted by Crippen LogP contribution is 2.19. The first-order chi connectivity index (χ1) is 8.59. The molecule has 0 saturated carbocycles. The Labute approximate surface area is 102 Å². The highest BCUT2D eigenvalue weighted by molar-refractivity contribution is 5.22. The first-order valence-electron chi connectivity index (χ1n) is 5.38. The van der Waals surface area contributed by atoms with Gasteiger partial charge >= 0.3 is 0 Å². The van der Waals surface area contributed by atoms with E-state index in [-0.39, 0.29) is 17.7 Å². The monoisotopic (exact) mass is 252 g/mol. The molecule has 18 heavy (non-hydrogen) atoms. The molecule has 1 aromatic heterocycles. The molecule has 0 fully saturated rings. The number of hydrogen-bond acceptors (Lipinski definition) is 2.